The van der Waals surface area contributed by atoms with Gasteiger partial charge in [0.25, 0.3) is 0 Å². The van der Waals surface area contributed by atoms with Crippen LogP contribution in [0.1, 0.15) is 30.4 Å². The first-order chi connectivity index (χ1) is 16.3. The fourth-order valence-electron chi connectivity index (χ4n) is 4.00. The van der Waals surface area contributed by atoms with Crippen molar-refractivity contribution in [2.75, 3.05) is 24.2 Å². The SMILES string of the molecule is Cc1cccc(-c2nnc(SCC(=O)Nc3ccc(C)c(S(=O)(=O)N4CCCCC4)c3)n2C)c1. The van der Waals surface area contributed by atoms with Gasteiger partial charge in [-0.3, -0.25) is 4.79 Å². The van der Waals surface area contributed by atoms with Crippen LogP contribution in [-0.2, 0) is 21.9 Å². The molecule has 1 amide bonds. The zero-order valence-corrected chi connectivity index (χ0v) is 21.2. The number of carbonyl (C=O) groups is 1. The van der Waals surface area contributed by atoms with Crippen molar-refractivity contribution < 1.29 is 13.2 Å². The van der Waals surface area contributed by atoms with Crippen molar-refractivity contribution in [3.8, 4) is 11.4 Å². The predicted molar refractivity (Wildman–Crippen MR) is 134 cm³/mol. The maximum atomic E-state index is 13.1. The third kappa shape index (κ3) is 5.34. The van der Waals surface area contributed by atoms with Crippen molar-refractivity contribution in [3.05, 3.63) is 53.6 Å². The van der Waals surface area contributed by atoms with Gasteiger partial charge in [0.2, 0.25) is 15.9 Å². The zero-order chi connectivity index (χ0) is 24.3. The lowest BCUT2D eigenvalue weighted by Gasteiger charge is -2.26. The Kier molecular flexibility index (Phi) is 7.39. The van der Waals surface area contributed by atoms with Crippen LogP contribution in [0.15, 0.2) is 52.5 Å². The average molecular weight is 500 g/mol. The molecule has 0 bridgehead atoms. The lowest BCUT2D eigenvalue weighted by Crippen LogP contribution is -2.36. The smallest absolute Gasteiger partial charge is 0.243 e. The molecule has 2 heterocycles. The van der Waals surface area contributed by atoms with Gasteiger partial charge in [-0.1, -0.05) is 48.0 Å². The summed E-state index contributed by atoms with van der Waals surface area (Å²) in [5.41, 5.74) is 3.23. The molecule has 0 radical (unpaired) electrons. The van der Waals surface area contributed by atoms with E-state index in [1.807, 2.05) is 42.8 Å². The van der Waals surface area contributed by atoms with E-state index in [2.05, 4.69) is 15.5 Å². The summed E-state index contributed by atoms with van der Waals surface area (Å²) >= 11 is 1.28. The summed E-state index contributed by atoms with van der Waals surface area (Å²) in [5, 5.41) is 11.9. The van der Waals surface area contributed by atoms with Crippen LogP contribution >= 0.6 is 11.8 Å². The summed E-state index contributed by atoms with van der Waals surface area (Å²) in [5.74, 6) is 0.620. The summed E-state index contributed by atoms with van der Waals surface area (Å²) < 4.78 is 29.7. The van der Waals surface area contributed by atoms with E-state index in [1.165, 1.54) is 11.8 Å². The predicted octanol–water partition coefficient (Wildman–Crippen LogP) is 4.00. The van der Waals surface area contributed by atoms with Crippen molar-refractivity contribution in [1.29, 1.82) is 0 Å². The number of sulfonamides is 1. The Morgan fingerprint density at radius 1 is 1.06 bits per heavy atom. The molecule has 0 unspecified atom stereocenters. The van der Waals surface area contributed by atoms with Crippen molar-refractivity contribution in [3.63, 3.8) is 0 Å². The molecule has 1 aliphatic rings. The number of hydrogen-bond donors (Lipinski definition) is 1. The highest BCUT2D eigenvalue weighted by atomic mass is 32.2. The van der Waals surface area contributed by atoms with E-state index in [0.717, 1.165) is 36.2 Å². The summed E-state index contributed by atoms with van der Waals surface area (Å²) in [4.78, 5) is 12.9. The molecule has 0 atom stereocenters. The van der Waals surface area contributed by atoms with E-state index in [0.29, 0.717) is 29.5 Å². The highest BCUT2D eigenvalue weighted by Crippen LogP contribution is 2.27. The zero-order valence-electron chi connectivity index (χ0n) is 19.6. The molecule has 180 valence electrons. The number of piperidine rings is 1. The molecule has 10 heteroatoms. The number of benzene rings is 2. The van der Waals surface area contributed by atoms with Gasteiger partial charge in [-0.05, 0) is 50.5 Å². The van der Waals surface area contributed by atoms with Crippen molar-refractivity contribution in [1.82, 2.24) is 19.1 Å². The first-order valence-electron chi connectivity index (χ1n) is 11.3. The molecule has 1 saturated heterocycles. The minimum atomic E-state index is -3.58. The van der Waals surface area contributed by atoms with E-state index < -0.39 is 10.0 Å². The summed E-state index contributed by atoms with van der Waals surface area (Å²) in [6.07, 6.45) is 2.80. The van der Waals surface area contributed by atoms with Crippen LogP contribution < -0.4 is 5.32 Å². The Balaban J connectivity index is 1.43. The van der Waals surface area contributed by atoms with Gasteiger partial charge < -0.3 is 9.88 Å². The highest BCUT2D eigenvalue weighted by Gasteiger charge is 2.27. The Morgan fingerprint density at radius 3 is 2.56 bits per heavy atom. The number of aryl methyl sites for hydroxylation is 2. The van der Waals surface area contributed by atoms with Crippen LogP contribution in [0, 0.1) is 13.8 Å². The molecule has 3 aromatic rings. The topological polar surface area (TPSA) is 97.2 Å². The van der Waals surface area contributed by atoms with Crippen LogP contribution in [0.4, 0.5) is 5.69 Å². The summed E-state index contributed by atoms with van der Waals surface area (Å²) in [7, 11) is -1.71. The van der Waals surface area contributed by atoms with E-state index in [4.69, 9.17) is 0 Å². The number of aromatic nitrogens is 3. The van der Waals surface area contributed by atoms with Crippen LogP contribution in [0.5, 0.6) is 0 Å². The molecule has 1 aromatic heterocycles. The van der Waals surface area contributed by atoms with Crippen LogP contribution in [-0.4, -0.2) is 52.2 Å². The molecule has 0 aliphatic carbocycles. The van der Waals surface area contributed by atoms with E-state index in [1.54, 1.807) is 29.4 Å². The Hall–Kier alpha value is -2.69. The normalized spacial score (nSPS) is 14.8. The molecule has 1 aliphatic heterocycles. The van der Waals surface area contributed by atoms with Gasteiger partial charge >= 0.3 is 0 Å². The van der Waals surface area contributed by atoms with Crippen LogP contribution in [0.2, 0.25) is 0 Å². The second-order valence-electron chi connectivity index (χ2n) is 8.52. The van der Waals surface area contributed by atoms with Gasteiger partial charge in [-0.2, -0.15) is 4.31 Å². The quantitative estimate of drug-likeness (QED) is 0.494. The second kappa shape index (κ2) is 10.3. The lowest BCUT2D eigenvalue weighted by atomic mass is 10.1. The largest absolute Gasteiger partial charge is 0.325 e. The number of anilines is 1. The van der Waals surface area contributed by atoms with E-state index in [9.17, 15) is 13.2 Å². The van der Waals surface area contributed by atoms with E-state index in [-0.39, 0.29) is 16.6 Å². The van der Waals surface area contributed by atoms with Gasteiger partial charge in [0.15, 0.2) is 11.0 Å². The fraction of sp³-hybridized carbons (Fsp3) is 0.375. The number of carbonyl (C=O) groups excluding carboxylic acids is 1. The number of hydrogen-bond acceptors (Lipinski definition) is 6. The van der Waals surface area contributed by atoms with Gasteiger partial charge in [-0.15, -0.1) is 10.2 Å². The van der Waals surface area contributed by atoms with Crippen molar-refractivity contribution in [2.24, 2.45) is 7.05 Å². The van der Waals surface area contributed by atoms with Crippen LogP contribution in [0.25, 0.3) is 11.4 Å². The molecule has 8 nitrogen and oxygen atoms in total. The first-order valence-corrected chi connectivity index (χ1v) is 13.7. The standard InChI is InChI=1S/C24H29N5O3S2/c1-17-8-7-9-19(14-17)23-26-27-24(28(23)3)33-16-22(30)25-20-11-10-18(2)21(15-20)34(31,32)29-12-5-4-6-13-29/h7-11,14-15H,4-6,12-13,16H2,1-3H3,(H,25,30). The molecular weight excluding hydrogens is 470 g/mol. The lowest BCUT2D eigenvalue weighted by molar-refractivity contribution is -0.113. The van der Waals surface area contributed by atoms with Gasteiger partial charge in [0.05, 0.1) is 10.6 Å². The maximum Gasteiger partial charge on any atom is 0.243 e. The molecule has 1 N–H and O–H groups in total. The van der Waals surface area contributed by atoms with Crippen molar-refractivity contribution >= 4 is 33.4 Å². The fourth-order valence-corrected chi connectivity index (χ4v) is 6.48. The minimum Gasteiger partial charge on any atom is -0.325 e. The number of amides is 1. The van der Waals surface area contributed by atoms with E-state index >= 15 is 0 Å². The number of thioether (sulfide) groups is 1. The van der Waals surface area contributed by atoms with Gasteiger partial charge in [0, 0.05) is 31.4 Å². The third-order valence-electron chi connectivity index (χ3n) is 5.85. The molecular formula is C24H29N5O3S2. The Labute approximate surface area is 204 Å². The monoisotopic (exact) mass is 499 g/mol. The minimum absolute atomic E-state index is 0.127. The average Bonchev–Trinajstić information content (AvgIpc) is 3.19. The number of rotatable bonds is 7. The molecule has 0 spiro atoms. The maximum absolute atomic E-state index is 13.1. The summed E-state index contributed by atoms with van der Waals surface area (Å²) in [6.45, 7) is 4.88. The molecule has 2 aromatic carbocycles. The third-order valence-corrected chi connectivity index (χ3v) is 8.91. The molecule has 4 rings (SSSR count). The number of nitrogens with one attached hydrogen (secondary N) is 1. The second-order valence-corrected chi connectivity index (χ2v) is 11.4. The Bertz CT molecular complexity index is 1300. The molecule has 34 heavy (non-hydrogen) atoms. The van der Waals surface area contributed by atoms with Gasteiger partial charge in [0.1, 0.15) is 0 Å². The highest BCUT2D eigenvalue weighted by molar-refractivity contribution is 7.99. The molecule has 1 fully saturated rings. The number of nitrogens with zero attached hydrogens (tertiary/aromatic N) is 4. The Morgan fingerprint density at radius 2 is 1.82 bits per heavy atom. The van der Waals surface area contributed by atoms with Crippen molar-refractivity contribution in [2.45, 2.75) is 43.2 Å². The van der Waals surface area contributed by atoms with Crippen LogP contribution in [0.3, 0.4) is 0 Å². The van der Waals surface area contributed by atoms with Gasteiger partial charge in [-0.25, -0.2) is 8.42 Å². The molecule has 0 saturated carbocycles. The first kappa shape index (κ1) is 24.4. The summed E-state index contributed by atoms with van der Waals surface area (Å²) in [6, 6.07) is 13.0.